The number of carbonyl (C=O) groups is 7. The van der Waals surface area contributed by atoms with Gasteiger partial charge >= 0.3 is 29.8 Å². The van der Waals surface area contributed by atoms with Gasteiger partial charge in [-0.3, -0.25) is 28.8 Å². The van der Waals surface area contributed by atoms with Crippen LogP contribution in [0.1, 0.15) is 40.5 Å². The number of imide groups is 1. The highest BCUT2D eigenvalue weighted by Crippen LogP contribution is 2.34. The van der Waals surface area contributed by atoms with E-state index < -0.39 is 83.9 Å². The van der Waals surface area contributed by atoms with Gasteiger partial charge in [0.1, 0.15) is 18.1 Å². The van der Waals surface area contributed by atoms with Gasteiger partial charge in [-0.1, -0.05) is 0 Å². The number of rotatable bonds is 9. The molecule has 0 aliphatic carbocycles. The average Bonchev–Trinajstić information content (AvgIpc) is 3.05. The maximum absolute atomic E-state index is 12.3. The number of nitrogens with zero attached hydrogens (tertiary/aromatic N) is 1. The molecule has 0 bridgehead atoms. The van der Waals surface area contributed by atoms with Crippen LogP contribution in [0.15, 0.2) is 0 Å². The van der Waals surface area contributed by atoms with E-state index in [-0.39, 0.29) is 12.8 Å². The Morgan fingerprint density at radius 1 is 0.829 bits per heavy atom. The summed E-state index contributed by atoms with van der Waals surface area (Å²) in [7, 11) is 0. The molecule has 5 atom stereocenters. The molecule has 2 amide bonds. The van der Waals surface area contributed by atoms with E-state index in [2.05, 4.69) is 0 Å². The van der Waals surface area contributed by atoms with Crippen molar-refractivity contribution >= 4 is 53.4 Å². The van der Waals surface area contributed by atoms with Gasteiger partial charge in [-0.05, 0) is 0 Å². The second-order valence-corrected chi connectivity index (χ2v) is 8.51. The fourth-order valence-electron chi connectivity index (χ4n) is 3.26. The van der Waals surface area contributed by atoms with Crippen LogP contribution < -0.4 is 0 Å². The SMILES string of the molecule is CC(=O)OC[C@H]1O[C@@H](SCC(=O)ON2C(=O)CCC2=O)[C@H](OC(C)=O)[C@@H](OC(C)=O)[C@@H]1OC(C)=O. The molecule has 0 saturated carbocycles. The molecule has 0 aromatic carbocycles. The molecule has 0 unspecified atom stereocenters. The number of ether oxygens (including phenoxy) is 5. The minimum atomic E-state index is -1.38. The van der Waals surface area contributed by atoms with Crippen molar-refractivity contribution in [3.8, 4) is 0 Å². The van der Waals surface area contributed by atoms with Gasteiger partial charge in [-0.15, -0.1) is 16.8 Å². The third-order valence-corrected chi connectivity index (χ3v) is 5.62. The summed E-state index contributed by atoms with van der Waals surface area (Å²) in [6.07, 6.45) is -5.41. The zero-order valence-electron chi connectivity index (χ0n) is 19.4. The first-order valence-corrected chi connectivity index (χ1v) is 11.4. The molecule has 0 aromatic rings. The average molecular weight is 519 g/mol. The zero-order valence-corrected chi connectivity index (χ0v) is 20.2. The summed E-state index contributed by atoms with van der Waals surface area (Å²) in [6.45, 7) is 3.97. The summed E-state index contributed by atoms with van der Waals surface area (Å²) < 4.78 is 26.6. The van der Waals surface area contributed by atoms with Crippen LogP contribution in [0.4, 0.5) is 0 Å². The number of amides is 2. The second kappa shape index (κ2) is 12.5. The summed E-state index contributed by atoms with van der Waals surface area (Å²) in [6, 6.07) is 0. The first kappa shape index (κ1) is 28.0. The lowest BCUT2D eigenvalue weighted by molar-refractivity contribution is -0.237. The van der Waals surface area contributed by atoms with Crippen molar-refractivity contribution in [2.45, 2.75) is 70.4 Å². The molecule has 35 heavy (non-hydrogen) atoms. The molecule has 0 aromatic heterocycles. The molecule has 0 N–H and O–H groups in total. The van der Waals surface area contributed by atoms with E-state index in [9.17, 15) is 33.6 Å². The van der Waals surface area contributed by atoms with Crippen LogP contribution in [0, 0.1) is 0 Å². The maximum Gasteiger partial charge on any atom is 0.343 e. The van der Waals surface area contributed by atoms with Gasteiger partial charge in [0.25, 0.3) is 11.8 Å². The molecule has 2 saturated heterocycles. The van der Waals surface area contributed by atoms with E-state index in [0.29, 0.717) is 5.06 Å². The minimum absolute atomic E-state index is 0.0844. The van der Waals surface area contributed by atoms with Crippen LogP contribution in [0.3, 0.4) is 0 Å². The van der Waals surface area contributed by atoms with Crippen molar-refractivity contribution in [3.63, 3.8) is 0 Å². The summed E-state index contributed by atoms with van der Waals surface area (Å²) in [5, 5.41) is 0.371. The lowest BCUT2D eigenvalue weighted by Gasteiger charge is -2.44. The largest absolute Gasteiger partial charge is 0.463 e. The lowest BCUT2D eigenvalue weighted by Crippen LogP contribution is -2.61. The Kier molecular flexibility index (Phi) is 10.0. The zero-order chi connectivity index (χ0) is 26.3. The fourth-order valence-corrected chi connectivity index (χ4v) is 4.23. The monoisotopic (exact) mass is 519 g/mol. The number of hydrogen-bond donors (Lipinski definition) is 0. The summed E-state index contributed by atoms with van der Waals surface area (Å²) in [4.78, 5) is 87.0. The molecule has 194 valence electrons. The molecule has 0 spiro atoms. The Morgan fingerprint density at radius 2 is 1.34 bits per heavy atom. The summed E-state index contributed by atoms with van der Waals surface area (Å²) in [5.41, 5.74) is -1.20. The second-order valence-electron chi connectivity index (χ2n) is 7.42. The van der Waals surface area contributed by atoms with Gasteiger partial charge in [0.05, 0.1) is 5.75 Å². The van der Waals surface area contributed by atoms with Crippen molar-refractivity contribution in [2.75, 3.05) is 12.4 Å². The smallest absolute Gasteiger partial charge is 0.343 e. The predicted molar refractivity (Wildman–Crippen MR) is 112 cm³/mol. The topological polar surface area (TPSA) is 178 Å². The van der Waals surface area contributed by atoms with Gasteiger partial charge in [0.15, 0.2) is 18.3 Å². The van der Waals surface area contributed by atoms with Gasteiger partial charge in [-0.2, -0.15) is 0 Å². The highest BCUT2D eigenvalue weighted by Gasteiger charge is 2.52. The Bertz CT molecular complexity index is 874. The number of esters is 4. The van der Waals surface area contributed by atoms with Crippen LogP contribution in [0.25, 0.3) is 0 Å². The molecule has 15 heteroatoms. The lowest BCUT2D eigenvalue weighted by atomic mass is 9.99. The molecule has 14 nitrogen and oxygen atoms in total. The van der Waals surface area contributed by atoms with Crippen molar-refractivity contribution < 1.29 is 62.1 Å². The first-order chi connectivity index (χ1) is 16.4. The van der Waals surface area contributed by atoms with Crippen molar-refractivity contribution in [3.05, 3.63) is 0 Å². The standard InChI is InChI=1S/C20H25NO13S/c1-9(22)29-7-13-17(30-10(2)23)18(31-11(3)24)19(32-12(4)25)20(33-13)35-8-16(28)34-21-14(26)5-6-15(21)27/h13,17-20H,5-8H2,1-4H3/t13-,17-,18+,19-,20+/m1/s1. The summed E-state index contributed by atoms with van der Waals surface area (Å²) >= 11 is 0.736. The van der Waals surface area contributed by atoms with E-state index in [1.54, 1.807) is 0 Å². The van der Waals surface area contributed by atoms with Gasteiger partial charge in [-0.25, -0.2) is 4.79 Å². The van der Waals surface area contributed by atoms with Gasteiger partial charge < -0.3 is 28.5 Å². The Balaban J connectivity index is 2.26. The maximum atomic E-state index is 12.3. The van der Waals surface area contributed by atoms with Crippen molar-refractivity contribution in [1.29, 1.82) is 0 Å². The number of thioether (sulfide) groups is 1. The molecule has 2 heterocycles. The molecular weight excluding hydrogens is 494 g/mol. The highest BCUT2D eigenvalue weighted by atomic mass is 32.2. The molecule has 2 aliphatic rings. The van der Waals surface area contributed by atoms with Gasteiger partial charge in [0, 0.05) is 40.5 Å². The quantitative estimate of drug-likeness (QED) is 0.214. The van der Waals surface area contributed by atoms with Crippen molar-refractivity contribution in [1.82, 2.24) is 5.06 Å². The fraction of sp³-hybridized carbons (Fsp3) is 0.650. The first-order valence-electron chi connectivity index (χ1n) is 10.4. The van der Waals surface area contributed by atoms with Crippen LogP contribution in [-0.4, -0.2) is 88.9 Å². The predicted octanol–water partition coefficient (Wildman–Crippen LogP) is -0.590. The molecular formula is C20H25NO13S. The van der Waals surface area contributed by atoms with Gasteiger partial charge in [0.2, 0.25) is 0 Å². The molecule has 2 aliphatic heterocycles. The van der Waals surface area contributed by atoms with E-state index in [1.807, 2.05) is 0 Å². The van der Waals surface area contributed by atoms with E-state index in [1.165, 1.54) is 0 Å². The number of carbonyl (C=O) groups excluding carboxylic acids is 7. The minimum Gasteiger partial charge on any atom is -0.463 e. The Morgan fingerprint density at radius 3 is 1.86 bits per heavy atom. The molecule has 2 rings (SSSR count). The van der Waals surface area contributed by atoms with E-state index >= 15 is 0 Å². The van der Waals surface area contributed by atoms with Crippen LogP contribution in [0.5, 0.6) is 0 Å². The number of hydrogen-bond acceptors (Lipinski definition) is 14. The number of hydroxylamine groups is 2. The van der Waals surface area contributed by atoms with E-state index in [0.717, 1.165) is 39.5 Å². The van der Waals surface area contributed by atoms with Crippen LogP contribution in [0.2, 0.25) is 0 Å². The Hall–Kier alpha value is -3.20. The summed E-state index contributed by atoms with van der Waals surface area (Å²) in [5.74, 6) is -5.84. The third kappa shape index (κ3) is 8.20. The highest BCUT2D eigenvalue weighted by molar-refractivity contribution is 8.00. The molecule has 2 fully saturated rings. The van der Waals surface area contributed by atoms with Crippen LogP contribution in [-0.2, 0) is 62.1 Å². The molecule has 0 radical (unpaired) electrons. The normalized spacial score (nSPS) is 26.1. The van der Waals surface area contributed by atoms with Crippen molar-refractivity contribution in [2.24, 2.45) is 0 Å². The van der Waals surface area contributed by atoms with E-state index in [4.69, 9.17) is 28.5 Å². The Labute approximate surface area is 203 Å². The third-order valence-electron chi connectivity index (χ3n) is 4.51. The van der Waals surface area contributed by atoms with Crippen LogP contribution >= 0.6 is 11.8 Å².